The minimum Gasteiger partial charge on any atom is -0.484 e. The first kappa shape index (κ1) is 23.3. The number of hydrogen-bond acceptors (Lipinski definition) is 7. The first-order valence-corrected chi connectivity index (χ1v) is 11.0. The molecule has 0 spiro atoms. The average molecular weight is 506 g/mol. The van der Waals surface area contributed by atoms with Crippen molar-refractivity contribution in [3.05, 3.63) is 40.8 Å². The maximum atomic E-state index is 13.5. The van der Waals surface area contributed by atoms with E-state index in [2.05, 4.69) is 20.3 Å². The summed E-state index contributed by atoms with van der Waals surface area (Å²) in [5, 5.41) is 11.0. The fourth-order valence-corrected chi connectivity index (χ4v) is 5.09. The van der Waals surface area contributed by atoms with Crippen LogP contribution in [-0.4, -0.2) is 47.3 Å². The second-order valence-corrected chi connectivity index (χ2v) is 9.44. The largest absolute Gasteiger partial charge is 0.522 e. The van der Waals surface area contributed by atoms with Crippen LogP contribution in [0.5, 0.6) is 5.75 Å². The van der Waals surface area contributed by atoms with Crippen LogP contribution in [0.25, 0.3) is 0 Å². The van der Waals surface area contributed by atoms with Crippen LogP contribution in [0, 0.1) is 5.82 Å². The van der Waals surface area contributed by atoms with Crippen molar-refractivity contribution in [1.82, 2.24) is 15.5 Å². The van der Waals surface area contributed by atoms with Crippen molar-refractivity contribution in [3.63, 3.8) is 0 Å². The van der Waals surface area contributed by atoms with Gasteiger partial charge < -0.3 is 19.2 Å². The number of aromatic nitrogens is 2. The van der Waals surface area contributed by atoms with E-state index >= 15 is 0 Å². The van der Waals surface area contributed by atoms with E-state index in [1.807, 2.05) is 0 Å². The number of benzene rings is 1. The molecule has 1 aromatic carbocycles. The highest BCUT2D eigenvalue weighted by Gasteiger charge is 2.71. The van der Waals surface area contributed by atoms with Crippen molar-refractivity contribution in [3.8, 4) is 5.75 Å². The molecule has 0 unspecified atom stereocenters. The van der Waals surface area contributed by atoms with Gasteiger partial charge in [-0.1, -0.05) is 11.6 Å². The van der Waals surface area contributed by atoms with Crippen molar-refractivity contribution in [2.75, 3.05) is 13.2 Å². The van der Waals surface area contributed by atoms with Crippen molar-refractivity contribution < 1.29 is 41.0 Å². The van der Waals surface area contributed by atoms with Crippen LogP contribution in [0.4, 0.5) is 17.6 Å². The predicted molar refractivity (Wildman–Crippen MR) is 106 cm³/mol. The minimum absolute atomic E-state index is 0.0325. The Morgan fingerprint density at radius 3 is 2.71 bits per heavy atom. The van der Waals surface area contributed by atoms with Gasteiger partial charge in [-0.05, 0) is 44.2 Å². The molecule has 2 bridgehead atoms. The first-order valence-electron chi connectivity index (χ1n) is 10.6. The number of halogens is 5. The molecule has 1 saturated heterocycles. The standard InChI is InChI=1S/C21H20ClF4N3O5/c22-13-3-1-11(5-14(13)23)31-7-16(30)27-20-8-19(9-20,10-20)18-29-28-17(34-18)15-4-2-12(33-15)6-32-21(24,25)26/h1,3,5,12,15H,2,4,6-10H2,(H,27,30)/t12-,15+,19?,20?/m1/s1. The summed E-state index contributed by atoms with van der Waals surface area (Å²) in [6.07, 6.45) is -3.25. The highest BCUT2D eigenvalue weighted by atomic mass is 35.5. The second kappa shape index (κ2) is 8.35. The molecule has 4 aliphatic rings. The van der Waals surface area contributed by atoms with E-state index in [4.69, 9.17) is 25.5 Å². The Labute approximate surface area is 195 Å². The number of carbonyl (C=O) groups is 1. The lowest BCUT2D eigenvalue weighted by molar-refractivity contribution is -0.331. The van der Waals surface area contributed by atoms with E-state index in [1.54, 1.807) is 0 Å². The number of hydrogen-bond donors (Lipinski definition) is 1. The summed E-state index contributed by atoms with van der Waals surface area (Å²) in [4.78, 5) is 12.3. The maximum Gasteiger partial charge on any atom is 0.522 e. The molecular weight excluding hydrogens is 486 g/mol. The van der Waals surface area contributed by atoms with Crippen LogP contribution < -0.4 is 10.1 Å². The second-order valence-electron chi connectivity index (χ2n) is 9.03. The smallest absolute Gasteiger partial charge is 0.484 e. The topological polar surface area (TPSA) is 95.7 Å². The molecule has 2 aromatic rings. The minimum atomic E-state index is -4.70. The quantitative estimate of drug-likeness (QED) is 0.542. The molecule has 6 rings (SSSR count). The SMILES string of the molecule is O=C(COc1ccc(Cl)c(F)c1)NC12CC(c3nnc([C@@H]4CC[C@H](COC(F)(F)F)O4)o3)(C1)C2. The average Bonchev–Trinajstić information content (AvgIpc) is 3.38. The Morgan fingerprint density at radius 1 is 1.24 bits per heavy atom. The molecular formula is C21H20ClF4N3O5. The van der Waals surface area contributed by atoms with Gasteiger partial charge in [0.1, 0.15) is 17.7 Å². The number of amides is 1. The van der Waals surface area contributed by atoms with E-state index in [0.717, 1.165) is 6.07 Å². The molecule has 1 amide bonds. The molecule has 1 aliphatic heterocycles. The molecule has 4 fully saturated rings. The van der Waals surface area contributed by atoms with E-state index in [1.165, 1.54) is 12.1 Å². The van der Waals surface area contributed by atoms with Gasteiger partial charge in [-0.3, -0.25) is 9.53 Å². The number of alkyl halides is 3. The summed E-state index contributed by atoms with van der Waals surface area (Å²) in [6, 6.07) is 3.93. The molecule has 1 aromatic heterocycles. The fraction of sp³-hybridized carbons (Fsp3) is 0.571. The Kier molecular flexibility index (Phi) is 5.72. The summed E-state index contributed by atoms with van der Waals surface area (Å²) >= 11 is 5.62. The van der Waals surface area contributed by atoms with E-state index < -0.39 is 31.0 Å². The fourth-order valence-electron chi connectivity index (χ4n) is 4.97. The molecule has 3 saturated carbocycles. The van der Waals surface area contributed by atoms with Crippen molar-refractivity contribution in [2.45, 2.75) is 61.6 Å². The number of nitrogens with zero attached hydrogens (tertiary/aromatic N) is 2. The highest BCUT2D eigenvalue weighted by molar-refractivity contribution is 6.30. The zero-order chi connectivity index (χ0) is 24.1. The molecule has 13 heteroatoms. The number of nitrogens with one attached hydrogen (secondary N) is 1. The van der Waals surface area contributed by atoms with Crippen LogP contribution in [0.3, 0.4) is 0 Å². The Balaban J connectivity index is 1.09. The van der Waals surface area contributed by atoms with Gasteiger partial charge in [0.15, 0.2) is 6.61 Å². The Hall–Kier alpha value is -2.44. The van der Waals surface area contributed by atoms with Crippen LogP contribution in [-0.2, 0) is 19.7 Å². The zero-order valence-corrected chi connectivity index (χ0v) is 18.4. The summed E-state index contributed by atoms with van der Waals surface area (Å²) < 4.78 is 70.6. The lowest BCUT2D eigenvalue weighted by atomic mass is 9.39. The van der Waals surface area contributed by atoms with Crippen LogP contribution in [0.15, 0.2) is 22.6 Å². The van der Waals surface area contributed by atoms with Gasteiger partial charge in [-0.15, -0.1) is 23.4 Å². The van der Waals surface area contributed by atoms with Gasteiger partial charge in [-0.2, -0.15) is 0 Å². The third kappa shape index (κ3) is 4.58. The molecule has 2 atom stereocenters. The van der Waals surface area contributed by atoms with Crippen LogP contribution in [0.2, 0.25) is 5.02 Å². The van der Waals surface area contributed by atoms with Crippen molar-refractivity contribution >= 4 is 17.5 Å². The van der Waals surface area contributed by atoms with E-state index in [-0.39, 0.29) is 40.1 Å². The molecule has 8 nitrogen and oxygen atoms in total. The van der Waals surface area contributed by atoms with E-state index in [0.29, 0.717) is 38.0 Å². The van der Waals surface area contributed by atoms with Crippen molar-refractivity contribution in [2.24, 2.45) is 0 Å². The molecule has 34 heavy (non-hydrogen) atoms. The molecule has 1 N–H and O–H groups in total. The van der Waals surface area contributed by atoms with Crippen molar-refractivity contribution in [1.29, 1.82) is 0 Å². The van der Waals surface area contributed by atoms with Gasteiger partial charge in [0.05, 0.1) is 23.1 Å². The van der Waals surface area contributed by atoms with Crippen LogP contribution >= 0.6 is 11.6 Å². The van der Waals surface area contributed by atoms with Gasteiger partial charge in [-0.25, -0.2) is 4.39 Å². The highest BCUT2D eigenvalue weighted by Crippen LogP contribution is 2.67. The zero-order valence-electron chi connectivity index (χ0n) is 17.7. The Bertz CT molecular complexity index is 1070. The van der Waals surface area contributed by atoms with E-state index in [9.17, 15) is 22.4 Å². The predicted octanol–water partition coefficient (Wildman–Crippen LogP) is 3.99. The maximum absolute atomic E-state index is 13.5. The number of rotatable bonds is 8. The van der Waals surface area contributed by atoms with Crippen LogP contribution in [0.1, 0.15) is 50.0 Å². The Morgan fingerprint density at radius 2 is 2.00 bits per heavy atom. The third-order valence-corrected chi connectivity index (χ3v) is 6.71. The summed E-state index contributed by atoms with van der Waals surface area (Å²) in [6.45, 7) is -0.845. The molecule has 0 radical (unpaired) electrons. The first-order chi connectivity index (χ1) is 16.0. The summed E-state index contributed by atoms with van der Waals surface area (Å²) in [5.74, 6) is -0.0961. The monoisotopic (exact) mass is 505 g/mol. The lowest BCUT2D eigenvalue weighted by Crippen LogP contribution is -2.77. The number of carbonyl (C=O) groups excluding carboxylic acids is 1. The number of ether oxygens (including phenoxy) is 3. The molecule has 3 aliphatic carbocycles. The van der Waals surface area contributed by atoms with Gasteiger partial charge >= 0.3 is 6.36 Å². The van der Waals surface area contributed by atoms with Gasteiger partial charge in [0, 0.05) is 11.6 Å². The molecule has 2 heterocycles. The molecule has 184 valence electrons. The van der Waals surface area contributed by atoms with Gasteiger partial charge in [0.25, 0.3) is 5.91 Å². The third-order valence-electron chi connectivity index (χ3n) is 6.41. The van der Waals surface area contributed by atoms with Gasteiger partial charge in [0.2, 0.25) is 11.8 Å². The summed E-state index contributed by atoms with van der Waals surface area (Å²) in [5.41, 5.74) is -0.694. The normalized spacial score (nSPS) is 29.9. The lowest BCUT2D eigenvalue weighted by Gasteiger charge is -2.68. The summed E-state index contributed by atoms with van der Waals surface area (Å²) in [7, 11) is 0.